The molecule has 6 heteroatoms. The number of benzene rings is 1. The number of aryl methyl sites for hydroxylation is 1. The Morgan fingerprint density at radius 2 is 2.00 bits per heavy atom. The van der Waals surface area contributed by atoms with Crippen molar-refractivity contribution in [1.29, 1.82) is 0 Å². The summed E-state index contributed by atoms with van der Waals surface area (Å²) in [4.78, 5) is 27.3. The van der Waals surface area contributed by atoms with Crippen LogP contribution in [0.25, 0.3) is 10.9 Å². The number of carbonyl (C=O) groups is 1. The van der Waals surface area contributed by atoms with Gasteiger partial charge in [0.1, 0.15) is 0 Å². The Hall–Kier alpha value is -2.11. The van der Waals surface area contributed by atoms with Crippen LogP contribution >= 0.6 is 11.6 Å². The van der Waals surface area contributed by atoms with E-state index in [0.717, 1.165) is 48.0 Å². The maximum absolute atomic E-state index is 13.1. The van der Waals surface area contributed by atoms with Crippen molar-refractivity contribution in [1.82, 2.24) is 9.47 Å². The number of ether oxygens (including phenoxy) is 1. The van der Waals surface area contributed by atoms with Crippen LogP contribution in [-0.4, -0.2) is 35.1 Å². The molecule has 0 atom stereocenters. The lowest BCUT2D eigenvalue weighted by atomic mass is 9.96. The molecule has 1 aromatic carbocycles. The molecule has 0 saturated carbocycles. The van der Waals surface area contributed by atoms with Crippen LogP contribution in [0.15, 0.2) is 40.7 Å². The van der Waals surface area contributed by atoms with E-state index in [9.17, 15) is 9.59 Å². The van der Waals surface area contributed by atoms with Crippen LogP contribution in [0.1, 0.15) is 30.9 Å². The van der Waals surface area contributed by atoms with Gasteiger partial charge < -0.3 is 9.30 Å². The molecule has 1 aromatic heterocycles. The van der Waals surface area contributed by atoms with Gasteiger partial charge in [0, 0.05) is 17.1 Å². The third-order valence-electron chi connectivity index (χ3n) is 5.26. The Morgan fingerprint density at radius 1 is 1.29 bits per heavy atom. The molecule has 0 amide bonds. The second-order valence-electron chi connectivity index (χ2n) is 7.44. The highest BCUT2D eigenvalue weighted by molar-refractivity contribution is 6.29. The highest BCUT2D eigenvalue weighted by atomic mass is 35.5. The van der Waals surface area contributed by atoms with Crippen LogP contribution in [0, 0.1) is 12.8 Å². The van der Waals surface area contributed by atoms with Crippen LogP contribution in [-0.2, 0) is 22.6 Å². The van der Waals surface area contributed by atoms with Crippen molar-refractivity contribution in [3.63, 3.8) is 0 Å². The third-order valence-corrected chi connectivity index (χ3v) is 5.38. The summed E-state index contributed by atoms with van der Waals surface area (Å²) in [6, 6.07) is 8.06. The molecular formula is C22H27ClN2O3. The Kier molecular flexibility index (Phi) is 6.57. The summed E-state index contributed by atoms with van der Waals surface area (Å²) in [7, 11) is 0. The summed E-state index contributed by atoms with van der Waals surface area (Å²) < 4.78 is 6.84. The summed E-state index contributed by atoms with van der Waals surface area (Å²) in [5.41, 5.74) is 2.67. The van der Waals surface area contributed by atoms with Crippen LogP contribution in [0.4, 0.5) is 0 Å². The van der Waals surface area contributed by atoms with Gasteiger partial charge in [0.2, 0.25) is 0 Å². The lowest BCUT2D eigenvalue weighted by molar-refractivity contribution is -0.149. The predicted octanol–water partition coefficient (Wildman–Crippen LogP) is 3.84. The molecule has 1 saturated heterocycles. The highest BCUT2D eigenvalue weighted by Crippen LogP contribution is 2.22. The maximum atomic E-state index is 13.1. The third kappa shape index (κ3) is 4.65. The van der Waals surface area contributed by atoms with Gasteiger partial charge in [0.25, 0.3) is 5.56 Å². The molecule has 2 aromatic rings. The maximum Gasteiger partial charge on any atom is 0.309 e. The van der Waals surface area contributed by atoms with E-state index in [1.807, 2.05) is 38.1 Å². The summed E-state index contributed by atoms with van der Waals surface area (Å²) in [6.07, 6.45) is 1.52. The standard InChI is InChI=1S/C22H27ClN2O3/c1-4-28-22(27)17-7-9-24(10-8-17)14-19-12-18-6-5-15(2)11-20(18)25(21(19)26)13-16(3)23/h5-6,11-12,17H,3-4,7-10,13-14H2,1-2H3. The number of allylic oxidation sites excluding steroid dienone is 1. The fraction of sp³-hybridized carbons (Fsp3) is 0.455. The zero-order valence-corrected chi connectivity index (χ0v) is 17.3. The number of hydrogen-bond acceptors (Lipinski definition) is 4. The number of carbonyl (C=O) groups excluding carboxylic acids is 1. The number of rotatable bonds is 6. The predicted molar refractivity (Wildman–Crippen MR) is 113 cm³/mol. The largest absolute Gasteiger partial charge is 0.466 e. The number of pyridine rings is 1. The lowest BCUT2D eigenvalue weighted by Crippen LogP contribution is -2.38. The average Bonchev–Trinajstić information content (AvgIpc) is 2.66. The van der Waals surface area contributed by atoms with Crippen molar-refractivity contribution in [2.75, 3.05) is 19.7 Å². The molecule has 0 N–H and O–H groups in total. The minimum absolute atomic E-state index is 0.0348. The molecule has 1 fully saturated rings. The number of nitrogens with zero attached hydrogens (tertiary/aromatic N) is 2. The van der Waals surface area contributed by atoms with Gasteiger partial charge in [-0.2, -0.15) is 0 Å². The van der Waals surface area contributed by atoms with Crippen LogP contribution in [0.5, 0.6) is 0 Å². The molecule has 5 nitrogen and oxygen atoms in total. The molecule has 1 aliphatic rings. The first-order valence-corrected chi connectivity index (χ1v) is 10.1. The van der Waals surface area contributed by atoms with E-state index < -0.39 is 0 Å². The SMILES string of the molecule is C=C(Cl)Cn1c(=O)c(CN2CCC(C(=O)OCC)CC2)cc2ccc(C)cc21. The van der Waals surface area contributed by atoms with Crippen molar-refractivity contribution < 1.29 is 9.53 Å². The first-order chi connectivity index (χ1) is 13.4. The molecular weight excluding hydrogens is 376 g/mol. The number of halogens is 1. The molecule has 0 unspecified atom stereocenters. The van der Waals surface area contributed by atoms with Gasteiger partial charge in [-0.3, -0.25) is 14.5 Å². The Morgan fingerprint density at radius 3 is 2.64 bits per heavy atom. The molecule has 0 aliphatic carbocycles. The van der Waals surface area contributed by atoms with Gasteiger partial charge in [0.15, 0.2) is 0 Å². The zero-order chi connectivity index (χ0) is 20.3. The average molecular weight is 403 g/mol. The summed E-state index contributed by atoms with van der Waals surface area (Å²) >= 11 is 6.03. The van der Waals surface area contributed by atoms with Crippen LogP contribution in [0.2, 0.25) is 0 Å². The molecule has 0 radical (unpaired) electrons. The van der Waals surface area contributed by atoms with Crippen molar-refractivity contribution in [3.8, 4) is 0 Å². The Bertz CT molecular complexity index is 943. The Labute approximate surface area is 170 Å². The first kappa shape index (κ1) is 20.6. The second kappa shape index (κ2) is 8.93. The second-order valence-corrected chi connectivity index (χ2v) is 7.98. The molecule has 0 bridgehead atoms. The zero-order valence-electron chi connectivity index (χ0n) is 16.5. The number of hydrogen-bond donors (Lipinski definition) is 0. The number of likely N-dealkylation sites (tertiary alicyclic amines) is 1. The van der Waals surface area contributed by atoms with E-state index >= 15 is 0 Å². The summed E-state index contributed by atoms with van der Waals surface area (Å²) in [6.45, 7) is 10.4. The van der Waals surface area contributed by atoms with E-state index in [1.165, 1.54) is 0 Å². The van der Waals surface area contributed by atoms with E-state index in [-0.39, 0.29) is 17.4 Å². The van der Waals surface area contributed by atoms with Crippen molar-refractivity contribution >= 4 is 28.5 Å². The summed E-state index contributed by atoms with van der Waals surface area (Å²) in [5, 5.41) is 1.44. The van der Waals surface area contributed by atoms with Gasteiger partial charge in [-0.15, -0.1) is 0 Å². The molecule has 150 valence electrons. The molecule has 0 spiro atoms. The van der Waals surface area contributed by atoms with Crippen molar-refractivity contribution in [2.24, 2.45) is 5.92 Å². The monoisotopic (exact) mass is 402 g/mol. The first-order valence-electron chi connectivity index (χ1n) is 9.74. The van der Waals surface area contributed by atoms with Gasteiger partial charge in [0.05, 0.1) is 24.6 Å². The normalized spacial score (nSPS) is 15.7. The van der Waals surface area contributed by atoms with E-state index in [1.54, 1.807) is 4.57 Å². The van der Waals surface area contributed by atoms with Crippen molar-refractivity contribution in [2.45, 2.75) is 39.8 Å². The quantitative estimate of drug-likeness (QED) is 0.689. The number of aromatic nitrogens is 1. The highest BCUT2D eigenvalue weighted by Gasteiger charge is 2.26. The number of esters is 1. The molecule has 28 heavy (non-hydrogen) atoms. The lowest BCUT2D eigenvalue weighted by Gasteiger charge is -2.30. The van der Waals surface area contributed by atoms with Crippen LogP contribution in [0.3, 0.4) is 0 Å². The minimum atomic E-state index is -0.105. The van der Waals surface area contributed by atoms with Crippen molar-refractivity contribution in [3.05, 3.63) is 57.4 Å². The number of fused-ring (bicyclic) bond motifs is 1. The summed E-state index contributed by atoms with van der Waals surface area (Å²) in [5.74, 6) is -0.141. The minimum Gasteiger partial charge on any atom is -0.466 e. The fourth-order valence-corrected chi connectivity index (χ4v) is 3.93. The topological polar surface area (TPSA) is 51.5 Å². The van der Waals surface area contributed by atoms with Gasteiger partial charge in [-0.1, -0.05) is 30.3 Å². The van der Waals surface area contributed by atoms with Gasteiger partial charge >= 0.3 is 5.97 Å². The molecule has 2 heterocycles. The van der Waals surface area contributed by atoms with E-state index in [4.69, 9.17) is 16.3 Å². The van der Waals surface area contributed by atoms with E-state index in [2.05, 4.69) is 11.5 Å². The van der Waals surface area contributed by atoms with E-state index in [0.29, 0.717) is 24.7 Å². The van der Waals surface area contributed by atoms with Crippen LogP contribution < -0.4 is 5.56 Å². The van der Waals surface area contributed by atoms with Gasteiger partial charge in [-0.25, -0.2) is 0 Å². The number of piperidine rings is 1. The fourth-order valence-electron chi connectivity index (χ4n) is 3.81. The Balaban J connectivity index is 1.83. The smallest absolute Gasteiger partial charge is 0.309 e. The molecule has 3 rings (SSSR count). The van der Waals surface area contributed by atoms with Gasteiger partial charge in [-0.05, 0) is 62.9 Å². The molecule has 1 aliphatic heterocycles.